The van der Waals surface area contributed by atoms with Crippen molar-refractivity contribution in [3.63, 3.8) is 0 Å². The van der Waals surface area contributed by atoms with Crippen LogP contribution < -0.4 is 4.90 Å². The summed E-state index contributed by atoms with van der Waals surface area (Å²) < 4.78 is 6.99. The summed E-state index contributed by atoms with van der Waals surface area (Å²) in [6.07, 6.45) is 3.51. The van der Waals surface area contributed by atoms with E-state index in [-0.39, 0.29) is 12.0 Å². The van der Waals surface area contributed by atoms with E-state index < -0.39 is 0 Å². The summed E-state index contributed by atoms with van der Waals surface area (Å²) in [7, 11) is 1.65. The molecule has 26 heavy (non-hydrogen) atoms. The van der Waals surface area contributed by atoms with Gasteiger partial charge in [0.15, 0.2) is 0 Å². The fourth-order valence-electron chi connectivity index (χ4n) is 3.74. The highest BCUT2D eigenvalue weighted by Crippen LogP contribution is 2.34. The number of nitriles is 1. The van der Waals surface area contributed by atoms with Gasteiger partial charge in [0.2, 0.25) is 0 Å². The van der Waals surface area contributed by atoms with Crippen LogP contribution in [0.1, 0.15) is 30.0 Å². The zero-order valence-corrected chi connectivity index (χ0v) is 14.6. The second-order valence-electron chi connectivity index (χ2n) is 6.43. The van der Waals surface area contributed by atoms with Crippen molar-refractivity contribution < 1.29 is 4.74 Å². The van der Waals surface area contributed by atoms with E-state index in [4.69, 9.17) is 4.74 Å². The first-order valence-electron chi connectivity index (χ1n) is 8.71. The highest BCUT2D eigenvalue weighted by atomic mass is 16.5. The molecule has 0 amide bonds. The number of hydrogen-bond donors (Lipinski definition) is 0. The first kappa shape index (κ1) is 16.5. The predicted octanol–water partition coefficient (Wildman–Crippen LogP) is 2.55. The third-order valence-electron chi connectivity index (χ3n) is 4.85. The van der Waals surface area contributed by atoms with E-state index in [0.29, 0.717) is 12.4 Å². The average Bonchev–Trinajstić information content (AvgIpc) is 3.32. The molecule has 4 rings (SSSR count). The Morgan fingerprint density at radius 3 is 2.96 bits per heavy atom. The lowest BCUT2D eigenvalue weighted by Crippen LogP contribution is -2.35. The Bertz CT molecular complexity index is 932. The van der Waals surface area contributed by atoms with Crippen LogP contribution in [0.25, 0.3) is 5.78 Å². The van der Waals surface area contributed by atoms with Crippen molar-refractivity contribution in [1.82, 2.24) is 19.6 Å². The maximum Gasteiger partial charge on any atom is 0.254 e. The van der Waals surface area contributed by atoms with Crippen molar-refractivity contribution >= 4 is 11.6 Å². The first-order chi connectivity index (χ1) is 12.8. The normalized spacial score (nSPS) is 18.2. The number of fused-ring (bicyclic) bond motifs is 1. The van der Waals surface area contributed by atoms with Gasteiger partial charge in [-0.3, -0.25) is 0 Å². The molecule has 0 bridgehead atoms. The van der Waals surface area contributed by atoms with Crippen molar-refractivity contribution in [1.29, 1.82) is 5.26 Å². The molecule has 0 radical (unpaired) electrons. The Hall–Kier alpha value is -2.98. The van der Waals surface area contributed by atoms with Crippen molar-refractivity contribution in [3.8, 4) is 6.07 Å². The molecular formula is C19H20N6O. The summed E-state index contributed by atoms with van der Waals surface area (Å²) in [5, 5.41) is 14.2. The van der Waals surface area contributed by atoms with Gasteiger partial charge in [-0.25, -0.2) is 4.98 Å². The van der Waals surface area contributed by atoms with Crippen LogP contribution in [-0.4, -0.2) is 39.3 Å². The van der Waals surface area contributed by atoms with Crippen LogP contribution >= 0.6 is 0 Å². The quantitative estimate of drug-likeness (QED) is 0.705. The number of nitrogens with zero attached hydrogens (tertiary/aromatic N) is 6. The Labute approximate surface area is 151 Å². The van der Waals surface area contributed by atoms with Crippen molar-refractivity contribution in [2.75, 3.05) is 18.6 Å². The molecular weight excluding hydrogens is 328 g/mol. The zero-order valence-electron chi connectivity index (χ0n) is 14.6. The first-order valence-corrected chi connectivity index (χ1v) is 8.71. The van der Waals surface area contributed by atoms with Crippen LogP contribution in [0.5, 0.6) is 0 Å². The van der Waals surface area contributed by atoms with Crippen LogP contribution in [0.2, 0.25) is 0 Å². The molecule has 2 atom stereocenters. The zero-order chi connectivity index (χ0) is 17.9. The van der Waals surface area contributed by atoms with Crippen molar-refractivity contribution in [3.05, 3.63) is 54.0 Å². The molecule has 1 aliphatic rings. The minimum atomic E-state index is -0.198. The maximum atomic E-state index is 9.87. The van der Waals surface area contributed by atoms with Gasteiger partial charge in [-0.05, 0) is 18.4 Å². The third kappa shape index (κ3) is 2.89. The van der Waals surface area contributed by atoms with Gasteiger partial charge >= 0.3 is 0 Å². The number of aromatic nitrogens is 4. The second-order valence-corrected chi connectivity index (χ2v) is 6.43. The van der Waals surface area contributed by atoms with Crippen LogP contribution in [-0.2, 0) is 11.3 Å². The number of hydrogen-bond acceptors (Lipinski definition) is 6. The molecule has 1 saturated heterocycles. The van der Waals surface area contributed by atoms with E-state index in [1.807, 2.05) is 36.4 Å². The fourth-order valence-corrected chi connectivity index (χ4v) is 3.74. The lowest BCUT2D eigenvalue weighted by molar-refractivity contribution is 0.181. The van der Waals surface area contributed by atoms with Gasteiger partial charge in [0, 0.05) is 19.7 Å². The molecule has 132 valence electrons. The number of ether oxygens (including phenoxy) is 1. The van der Waals surface area contributed by atoms with Crippen molar-refractivity contribution in [2.24, 2.45) is 0 Å². The van der Waals surface area contributed by atoms with E-state index in [9.17, 15) is 5.26 Å². The Balaban J connectivity index is 1.76. The number of benzene rings is 1. The molecule has 0 N–H and O–H groups in total. The molecule has 3 heterocycles. The lowest BCUT2D eigenvalue weighted by atomic mass is 9.91. The van der Waals surface area contributed by atoms with Gasteiger partial charge in [0.1, 0.15) is 12.1 Å². The highest BCUT2D eigenvalue weighted by molar-refractivity contribution is 5.50. The maximum absolute atomic E-state index is 9.87. The molecule has 3 aromatic rings. The lowest BCUT2D eigenvalue weighted by Gasteiger charge is -2.30. The molecule has 2 aromatic heterocycles. The number of methoxy groups -OCH3 is 1. The van der Waals surface area contributed by atoms with E-state index >= 15 is 0 Å². The minimum absolute atomic E-state index is 0.0904. The monoisotopic (exact) mass is 348 g/mol. The number of rotatable bonds is 5. The summed E-state index contributed by atoms with van der Waals surface area (Å²) >= 11 is 0. The molecule has 1 fully saturated rings. The Kier molecular flexibility index (Phi) is 4.50. The molecule has 0 saturated carbocycles. The van der Waals surface area contributed by atoms with Gasteiger partial charge in [0.05, 0.1) is 30.3 Å². The fraction of sp³-hybridized carbons (Fsp3) is 0.368. The topological polar surface area (TPSA) is 79.3 Å². The number of anilines is 1. The van der Waals surface area contributed by atoms with Crippen LogP contribution in [0.4, 0.5) is 5.82 Å². The third-order valence-corrected chi connectivity index (χ3v) is 4.85. The molecule has 7 nitrogen and oxygen atoms in total. The second kappa shape index (κ2) is 7.10. The molecule has 2 unspecified atom stereocenters. The molecule has 0 spiro atoms. The van der Waals surface area contributed by atoms with Crippen LogP contribution in [0, 0.1) is 11.3 Å². The summed E-state index contributed by atoms with van der Waals surface area (Å²) in [6.45, 7) is 1.29. The van der Waals surface area contributed by atoms with Gasteiger partial charge in [0.25, 0.3) is 5.78 Å². The summed E-state index contributed by atoms with van der Waals surface area (Å²) in [6, 6.07) is 14.6. The Morgan fingerprint density at radius 1 is 1.35 bits per heavy atom. The summed E-state index contributed by atoms with van der Waals surface area (Å²) in [5.74, 6) is 1.27. The van der Waals surface area contributed by atoms with E-state index in [1.54, 1.807) is 11.6 Å². The Morgan fingerprint density at radius 2 is 2.19 bits per heavy atom. The average molecular weight is 348 g/mol. The smallest absolute Gasteiger partial charge is 0.254 e. The van der Waals surface area contributed by atoms with Gasteiger partial charge in [-0.1, -0.05) is 30.3 Å². The van der Waals surface area contributed by atoms with E-state index in [2.05, 4.69) is 26.0 Å². The van der Waals surface area contributed by atoms with E-state index in [1.165, 1.54) is 6.33 Å². The summed E-state index contributed by atoms with van der Waals surface area (Å²) in [4.78, 5) is 11.0. The van der Waals surface area contributed by atoms with E-state index in [0.717, 1.165) is 36.5 Å². The van der Waals surface area contributed by atoms with Gasteiger partial charge < -0.3 is 9.64 Å². The largest absolute Gasteiger partial charge is 0.378 e. The van der Waals surface area contributed by atoms with Gasteiger partial charge in [-0.15, -0.1) is 0 Å². The molecule has 7 heteroatoms. The standard InChI is InChI=1S/C19H20N6O/c1-26-12-15-10-18(25-19(23-15)21-13-22-25)24-9-5-8-17(24)16(11-20)14-6-3-2-4-7-14/h2-4,6-7,10,13,16-17H,5,8-9,12H2,1H3. The molecule has 0 aliphatic carbocycles. The highest BCUT2D eigenvalue weighted by Gasteiger charge is 2.34. The minimum Gasteiger partial charge on any atom is -0.378 e. The van der Waals surface area contributed by atoms with Crippen LogP contribution in [0.3, 0.4) is 0 Å². The predicted molar refractivity (Wildman–Crippen MR) is 96.7 cm³/mol. The SMILES string of the molecule is COCc1cc(N2CCCC2C(C#N)c2ccccc2)n2ncnc2n1. The molecule has 1 aromatic carbocycles. The summed E-state index contributed by atoms with van der Waals surface area (Å²) in [5.41, 5.74) is 1.86. The van der Waals surface area contributed by atoms with Crippen LogP contribution in [0.15, 0.2) is 42.7 Å². The molecule has 1 aliphatic heterocycles. The van der Waals surface area contributed by atoms with Gasteiger partial charge in [-0.2, -0.15) is 19.9 Å². The van der Waals surface area contributed by atoms with Crippen molar-refractivity contribution in [2.45, 2.75) is 31.4 Å².